The van der Waals surface area contributed by atoms with Gasteiger partial charge in [-0.1, -0.05) is 48.0 Å². The molecule has 2 rings (SSSR count). The molecule has 1 aromatic carbocycles. The fourth-order valence-corrected chi connectivity index (χ4v) is 4.13. The van der Waals surface area contributed by atoms with Crippen molar-refractivity contribution in [2.24, 2.45) is 4.99 Å². The van der Waals surface area contributed by atoms with Gasteiger partial charge in [0, 0.05) is 24.3 Å². The molecule has 176 valence electrons. The van der Waals surface area contributed by atoms with E-state index in [9.17, 15) is 9.18 Å². The Hall–Kier alpha value is -2.05. The normalized spacial score (nSPS) is 16.0. The average Bonchev–Trinajstić information content (AvgIpc) is 2.78. The molecule has 0 aliphatic carbocycles. The number of esters is 1. The minimum absolute atomic E-state index is 0.164. The number of carbonyl (C=O) groups excluding carboxylic acids is 1. The summed E-state index contributed by atoms with van der Waals surface area (Å²) in [6, 6.07) is 3.03. The van der Waals surface area contributed by atoms with Crippen molar-refractivity contribution in [2.45, 2.75) is 46.5 Å². The van der Waals surface area contributed by atoms with Gasteiger partial charge in [0.2, 0.25) is 0 Å². The largest absolute Gasteiger partial charge is 0.465 e. The van der Waals surface area contributed by atoms with Crippen molar-refractivity contribution in [1.29, 1.82) is 0 Å². The van der Waals surface area contributed by atoms with Crippen LogP contribution in [-0.2, 0) is 4.74 Å². The van der Waals surface area contributed by atoms with Gasteiger partial charge in [0.25, 0.3) is 0 Å². The van der Waals surface area contributed by atoms with E-state index in [-0.39, 0.29) is 17.3 Å². The average molecular weight is 507 g/mol. The van der Waals surface area contributed by atoms with Crippen LogP contribution in [0.1, 0.15) is 61.0 Å². The first-order chi connectivity index (χ1) is 15.3. The maximum absolute atomic E-state index is 14.7. The molecular formula is C26H36BrFN2O2. The highest BCUT2D eigenvalue weighted by Gasteiger charge is 2.25. The van der Waals surface area contributed by atoms with Crippen molar-refractivity contribution in [1.82, 2.24) is 4.90 Å². The van der Waals surface area contributed by atoms with Gasteiger partial charge in [-0.3, -0.25) is 9.89 Å². The molecule has 1 saturated heterocycles. The van der Waals surface area contributed by atoms with Gasteiger partial charge in [0.1, 0.15) is 5.82 Å². The molecule has 0 saturated carbocycles. The Labute approximate surface area is 201 Å². The number of hydrogen-bond acceptors (Lipinski definition) is 4. The van der Waals surface area contributed by atoms with E-state index in [2.05, 4.69) is 45.4 Å². The van der Waals surface area contributed by atoms with Gasteiger partial charge >= 0.3 is 5.97 Å². The Morgan fingerprint density at radius 2 is 1.97 bits per heavy atom. The van der Waals surface area contributed by atoms with E-state index in [1.165, 1.54) is 18.7 Å². The van der Waals surface area contributed by atoms with Gasteiger partial charge in [0.15, 0.2) is 0 Å². The molecule has 0 atom stereocenters. The van der Waals surface area contributed by atoms with E-state index in [1.54, 1.807) is 19.3 Å². The minimum atomic E-state index is -0.509. The predicted octanol–water partition coefficient (Wildman–Crippen LogP) is 6.61. The first-order valence-corrected chi connectivity index (χ1v) is 11.8. The molecule has 0 amide bonds. The topological polar surface area (TPSA) is 41.9 Å². The van der Waals surface area contributed by atoms with Crippen LogP contribution in [-0.4, -0.2) is 50.9 Å². The third kappa shape index (κ3) is 8.14. The van der Waals surface area contributed by atoms with Crippen LogP contribution in [0.3, 0.4) is 0 Å². The number of nitrogens with zero attached hydrogens (tertiary/aromatic N) is 2. The molecule has 1 fully saturated rings. The van der Waals surface area contributed by atoms with E-state index in [1.807, 2.05) is 26.8 Å². The number of ether oxygens (including phenoxy) is 1. The highest BCUT2D eigenvalue weighted by Crippen LogP contribution is 2.33. The minimum Gasteiger partial charge on any atom is -0.465 e. The first kappa shape index (κ1) is 28.0. The number of allylic oxidation sites excluding steroid dienone is 4. The Kier molecular flexibility index (Phi) is 12.4. The van der Waals surface area contributed by atoms with Crippen molar-refractivity contribution < 1.29 is 13.9 Å². The van der Waals surface area contributed by atoms with Crippen LogP contribution in [0.15, 0.2) is 51.5 Å². The maximum Gasteiger partial charge on any atom is 0.337 e. The molecular weight excluding hydrogens is 471 g/mol. The second kappa shape index (κ2) is 14.2. The Bertz CT molecular complexity index is 859. The molecule has 1 aliphatic rings. The predicted molar refractivity (Wildman–Crippen MR) is 137 cm³/mol. The zero-order valence-corrected chi connectivity index (χ0v) is 21.8. The summed E-state index contributed by atoms with van der Waals surface area (Å²) in [5, 5.41) is 0. The van der Waals surface area contributed by atoms with E-state index in [0.717, 1.165) is 53.7 Å². The molecule has 0 radical (unpaired) electrons. The zero-order valence-electron chi connectivity index (χ0n) is 20.2. The number of halogens is 2. The molecule has 1 aliphatic heterocycles. The van der Waals surface area contributed by atoms with Crippen molar-refractivity contribution in [3.8, 4) is 0 Å². The Balaban J connectivity index is 0.00000249. The molecule has 6 heteroatoms. The molecule has 4 nitrogen and oxygen atoms in total. The molecule has 1 heterocycles. The highest BCUT2D eigenvalue weighted by molar-refractivity contribution is 9.12. The summed E-state index contributed by atoms with van der Waals surface area (Å²) in [6.45, 7) is 14.7. The van der Waals surface area contributed by atoms with Crippen molar-refractivity contribution in [3.05, 3.63) is 69.0 Å². The number of aliphatic imine (C=N–C) groups is 1. The lowest BCUT2D eigenvalue weighted by molar-refractivity contribution is 0.0600. The molecule has 0 spiro atoms. The number of benzene rings is 1. The summed E-state index contributed by atoms with van der Waals surface area (Å²) in [7, 11) is 3.03. The number of likely N-dealkylation sites (tertiary alicyclic amines) is 1. The summed E-state index contributed by atoms with van der Waals surface area (Å²) in [4.78, 5) is 18.0. The lowest BCUT2D eigenvalue weighted by Gasteiger charge is -2.33. The van der Waals surface area contributed by atoms with E-state index in [0.29, 0.717) is 0 Å². The molecule has 32 heavy (non-hydrogen) atoms. The SMILES string of the molecule is C=C(/C=C(\C)CN1CCC(c2c(C)cc(C(=O)OC)cc2F)CC1)/C(Br)=C\C=NC.CC. The maximum atomic E-state index is 14.7. The Morgan fingerprint density at radius 3 is 2.50 bits per heavy atom. The van der Waals surface area contributed by atoms with Crippen LogP contribution >= 0.6 is 15.9 Å². The molecule has 0 bridgehead atoms. The lowest BCUT2D eigenvalue weighted by atomic mass is 9.85. The van der Waals surface area contributed by atoms with Crippen molar-refractivity contribution in [2.75, 3.05) is 33.8 Å². The monoisotopic (exact) mass is 506 g/mol. The number of rotatable bonds is 7. The van der Waals surface area contributed by atoms with E-state index < -0.39 is 5.97 Å². The number of carbonyl (C=O) groups is 1. The van der Waals surface area contributed by atoms with E-state index >= 15 is 0 Å². The number of methoxy groups -OCH3 is 1. The summed E-state index contributed by atoms with van der Waals surface area (Å²) in [5.74, 6) is -0.656. The summed E-state index contributed by atoms with van der Waals surface area (Å²) in [5.41, 5.74) is 3.94. The molecule has 0 aromatic heterocycles. The van der Waals surface area contributed by atoms with Crippen LogP contribution in [0.2, 0.25) is 0 Å². The highest BCUT2D eigenvalue weighted by atomic mass is 79.9. The summed E-state index contributed by atoms with van der Waals surface area (Å²) in [6.07, 6.45) is 7.45. The lowest BCUT2D eigenvalue weighted by Crippen LogP contribution is -2.34. The van der Waals surface area contributed by atoms with Crippen LogP contribution in [0.4, 0.5) is 4.39 Å². The molecule has 0 unspecified atom stereocenters. The van der Waals surface area contributed by atoms with Crippen LogP contribution in [0.25, 0.3) is 0 Å². The van der Waals surface area contributed by atoms with E-state index in [4.69, 9.17) is 4.74 Å². The van der Waals surface area contributed by atoms with Gasteiger partial charge in [-0.05, 0) is 80.6 Å². The van der Waals surface area contributed by atoms with Crippen LogP contribution < -0.4 is 0 Å². The zero-order chi connectivity index (χ0) is 24.3. The third-order valence-electron chi connectivity index (χ3n) is 5.32. The third-order valence-corrected chi connectivity index (χ3v) is 6.10. The van der Waals surface area contributed by atoms with Gasteiger partial charge in [-0.25, -0.2) is 9.18 Å². The van der Waals surface area contributed by atoms with Gasteiger partial charge in [-0.15, -0.1) is 0 Å². The van der Waals surface area contributed by atoms with Crippen molar-refractivity contribution >= 4 is 28.1 Å². The fraction of sp³-hybridized carbons (Fsp3) is 0.462. The second-order valence-corrected chi connectivity index (χ2v) is 8.52. The summed E-state index contributed by atoms with van der Waals surface area (Å²) < 4.78 is 20.4. The second-order valence-electron chi connectivity index (χ2n) is 7.67. The van der Waals surface area contributed by atoms with Crippen LogP contribution in [0.5, 0.6) is 0 Å². The standard InChI is InChI=1S/C24H30BrFN2O2.C2H6/c1-16(12-17(2)21(25)6-9-27-4)15-28-10-7-19(8-11-28)23-18(3)13-20(14-22(23)26)24(29)30-5;1-2/h6,9,12-14,19H,2,7-8,10-11,15H2,1,3-5H3;1-2H3/b16-12+,21-6+,27-9?;. The number of hydrogen-bond donors (Lipinski definition) is 0. The fourth-order valence-electron chi connectivity index (χ4n) is 3.90. The van der Waals surface area contributed by atoms with Gasteiger partial charge < -0.3 is 4.74 Å². The van der Waals surface area contributed by atoms with Gasteiger partial charge in [-0.2, -0.15) is 0 Å². The molecule has 0 N–H and O–H groups in total. The molecule has 1 aromatic rings. The number of piperidine rings is 1. The van der Waals surface area contributed by atoms with Crippen molar-refractivity contribution in [3.63, 3.8) is 0 Å². The van der Waals surface area contributed by atoms with Crippen LogP contribution in [0, 0.1) is 12.7 Å². The quantitative estimate of drug-likeness (QED) is 0.237. The van der Waals surface area contributed by atoms with Gasteiger partial charge in [0.05, 0.1) is 12.7 Å². The Morgan fingerprint density at radius 1 is 1.34 bits per heavy atom. The first-order valence-electron chi connectivity index (χ1n) is 11.0. The number of aryl methyl sites for hydroxylation is 1. The summed E-state index contributed by atoms with van der Waals surface area (Å²) >= 11 is 3.51. The smallest absolute Gasteiger partial charge is 0.337 e.